The standard InChI is InChI=1S/C17H15N5O4/c1-21(17(24)19-13-8-4-5-9-14(13)22(25)26)10-15-18-12-7-3-2-6-11(12)16(23)20-15/h2-9H,10H2,1H3,(H,19,24)(H,18,20,23). The second-order valence-corrected chi connectivity index (χ2v) is 5.59. The highest BCUT2D eigenvalue weighted by molar-refractivity contribution is 5.91. The van der Waals surface area contributed by atoms with Crippen molar-refractivity contribution >= 4 is 28.3 Å². The zero-order chi connectivity index (χ0) is 18.7. The van der Waals surface area contributed by atoms with Gasteiger partial charge in [-0.2, -0.15) is 0 Å². The highest BCUT2D eigenvalue weighted by Gasteiger charge is 2.17. The summed E-state index contributed by atoms with van der Waals surface area (Å²) in [6.45, 7) is 0.0343. The van der Waals surface area contributed by atoms with Crippen LogP contribution in [0.3, 0.4) is 0 Å². The number of nitro benzene ring substituents is 1. The number of aromatic nitrogens is 2. The molecular weight excluding hydrogens is 338 g/mol. The monoisotopic (exact) mass is 353 g/mol. The van der Waals surface area contributed by atoms with Gasteiger partial charge in [0.05, 0.1) is 22.4 Å². The number of anilines is 1. The number of carbonyl (C=O) groups is 1. The van der Waals surface area contributed by atoms with E-state index in [0.717, 1.165) is 0 Å². The molecule has 0 saturated carbocycles. The van der Waals surface area contributed by atoms with Gasteiger partial charge in [-0.05, 0) is 18.2 Å². The van der Waals surface area contributed by atoms with E-state index in [-0.39, 0.29) is 23.5 Å². The van der Waals surface area contributed by atoms with Crippen molar-refractivity contribution in [3.63, 3.8) is 0 Å². The Hall–Kier alpha value is -3.75. The third-order valence-electron chi connectivity index (χ3n) is 3.74. The van der Waals surface area contributed by atoms with Gasteiger partial charge in [0.15, 0.2) is 0 Å². The van der Waals surface area contributed by atoms with Crippen molar-refractivity contribution < 1.29 is 9.72 Å². The number of nitrogens with zero attached hydrogens (tertiary/aromatic N) is 3. The summed E-state index contributed by atoms with van der Waals surface area (Å²) in [5, 5.41) is 14.0. The molecule has 9 heteroatoms. The highest BCUT2D eigenvalue weighted by Crippen LogP contribution is 2.23. The lowest BCUT2D eigenvalue weighted by Gasteiger charge is -2.17. The summed E-state index contributed by atoms with van der Waals surface area (Å²) in [6.07, 6.45) is 0. The van der Waals surface area contributed by atoms with E-state index < -0.39 is 11.0 Å². The van der Waals surface area contributed by atoms with Crippen molar-refractivity contribution in [3.05, 3.63) is 74.8 Å². The topological polar surface area (TPSA) is 121 Å². The Morgan fingerprint density at radius 2 is 1.92 bits per heavy atom. The molecule has 0 bridgehead atoms. The number of fused-ring (bicyclic) bond motifs is 1. The summed E-state index contributed by atoms with van der Waals surface area (Å²) in [4.78, 5) is 43.1. The molecule has 0 spiro atoms. The molecule has 2 N–H and O–H groups in total. The van der Waals surface area contributed by atoms with Gasteiger partial charge in [-0.15, -0.1) is 0 Å². The van der Waals surface area contributed by atoms with Gasteiger partial charge in [0.25, 0.3) is 11.2 Å². The predicted octanol–water partition coefficient (Wildman–Crippen LogP) is 2.50. The fraction of sp³-hybridized carbons (Fsp3) is 0.118. The Labute approximate surface area is 147 Å². The van der Waals surface area contributed by atoms with Gasteiger partial charge in [0.2, 0.25) is 0 Å². The van der Waals surface area contributed by atoms with E-state index in [4.69, 9.17) is 0 Å². The molecular formula is C17H15N5O4. The Bertz CT molecular complexity index is 1050. The SMILES string of the molecule is CN(Cc1nc2ccccc2c(=O)[nH]1)C(=O)Nc1ccccc1[N+](=O)[O-]. The van der Waals surface area contributed by atoms with Gasteiger partial charge < -0.3 is 15.2 Å². The molecule has 2 aromatic carbocycles. The lowest BCUT2D eigenvalue weighted by molar-refractivity contribution is -0.383. The summed E-state index contributed by atoms with van der Waals surface area (Å²) in [7, 11) is 1.50. The molecule has 26 heavy (non-hydrogen) atoms. The van der Waals surface area contributed by atoms with Crippen LogP contribution in [0.1, 0.15) is 5.82 Å². The van der Waals surface area contributed by atoms with Crippen LogP contribution in [0.5, 0.6) is 0 Å². The second-order valence-electron chi connectivity index (χ2n) is 5.59. The largest absolute Gasteiger partial charge is 0.322 e. The Balaban J connectivity index is 1.78. The van der Waals surface area contributed by atoms with E-state index in [1.54, 1.807) is 30.3 Å². The third-order valence-corrected chi connectivity index (χ3v) is 3.74. The summed E-state index contributed by atoms with van der Waals surface area (Å²) >= 11 is 0. The minimum absolute atomic E-state index is 0.0343. The summed E-state index contributed by atoms with van der Waals surface area (Å²) in [5.41, 5.74) is 0.123. The molecule has 0 saturated heterocycles. The molecule has 0 unspecified atom stereocenters. The lowest BCUT2D eigenvalue weighted by Crippen LogP contribution is -2.32. The van der Waals surface area contributed by atoms with Crippen molar-refractivity contribution in [1.29, 1.82) is 0 Å². The molecule has 0 aliphatic rings. The number of urea groups is 1. The molecule has 3 rings (SSSR count). The first-order valence-corrected chi connectivity index (χ1v) is 7.69. The minimum atomic E-state index is -0.571. The normalized spacial score (nSPS) is 10.5. The third kappa shape index (κ3) is 3.51. The number of para-hydroxylation sites is 3. The number of benzene rings is 2. The van der Waals surface area contributed by atoms with Gasteiger partial charge in [0, 0.05) is 13.1 Å². The first kappa shape index (κ1) is 17.1. The summed E-state index contributed by atoms with van der Waals surface area (Å²) < 4.78 is 0. The predicted molar refractivity (Wildman–Crippen MR) is 95.9 cm³/mol. The van der Waals surface area contributed by atoms with E-state index >= 15 is 0 Å². The van der Waals surface area contributed by atoms with Crippen LogP contribution in [0.25, 0.3) is 10.9 Å². The maximum absolute atomic E-state index is 12.3. The van der Waals surface area contributed by atoms with Crippen LogP contribution in [0.4, 0.5) is 16.2 Å². The van der Waals surface area contributed by atoms with Crippen LogP contribution in [0, 0.1) is 10.1 Å². The molecule has 1 heterocycles. The van der Waals surface area contributed by atoms with Crippen LogP contribution < -0.4 is 10.9 Å². The number of carbonyl (C=O) groups excluding carboxylic acids is 1. The first-order valence-electron chi connectivity index (χ1n) is 7.69. The van der Waals surface area contributed by atoms with Crippen molar-refractivity contribution in [1.82, 2.24) is 14.9 Å². The maximum Gasteiger partial charge on any atom is 0.322 e. The number of aromatic amines is 1. The molecule has 0 radical (unpaired) electrons. The number of nitrogens with one attached hydrogen (secondary N) is 2. The van der Waals surface area contributed by atoms with Gasteiger partial charge in [0.1, 0.15) is 11.5 Å². The van der Waals surface area contributed by atoms with Crippen molar-refractivity contribution in [3.8, 4) is 0 Å². The van der Waals surface area contributed by atoms with Gasteiger partial charge in [-0.25, -0.2) is 9.78 Å². The van der Waals surface area contributed by atoms with Crippen LogP contribution in [0.15, 0.2) is 53.3 Å². The molecule has 0 fully saturated rings. The fourth-order valence-electron chi connectivity index (χ4n) is 2.46. The van der Waals surface area contributed by atoms with E-state index in [1.807, 2.05) is 0 Å². The van der Waals surface area contributed by atoms with Gasteiger partial charge in [-0.1, -0.05) is 24.3 Å². The zero-order valence-corrected chi connectivity index (χ0v) is 13.8. The molecule has 0 aliphatic carbocycles. The van der Waals surface area contributed by atoms with E-state index in [0.29, 0.717) is 16.7 Å². The number of amides is 2. The van der Waals surface area contributed by atoms with E-state index in [1.165, 1.54) is 30.1 Å². The van der Waals surface area contributed by atoms with Crippen LogP contribution in [-0.4, -0.2) is 32.9 Å². The molecule has 1 aromatic heterocycles. The quantitative estimate of drug-likeness (QED) is 0.551. The Morgan fingerprint density at radius 3 is 2.69 bits per heavy atom. The molecule has 2 amide bonds. The Morgan fingerprint density at radius 1 is 1.23 bits per heavy atom. The molecule has 0 atom stereocenters. The molecule has 132 valence electrons. The number of rotatable bonds is 4. The Kier molecular flexibility index (Phi) is 4.61. The smallest absolute Gasteiger partial charge is 0.320 e. The van der Waals surface area contributed by atoms with E-state index in [2.05, 4.69) is 15.3 Å². The first-order chi connectivity index (χ1) is 12.5. The summed E-state index contributed by atoms with van der Waals surface area (Å²) in [6, 6.07) is 12.2. The van der Waals surface area contributed by atoms with Crippen LogP contribution >= 0.6 is 0 Å². The summed E-state index contributed by atoms with van der Waals surface area (Å²) in [5.74, 6) is 0.314. The minimum Gasteiger partial charge on any atom is -0.320 e. The van der Waals surface area contributed by atoms with Crippen molar-refractivity contribution in [2.45, 2.75) is 6.54 Å². The number of hydrogen-bond acceptors (Lipinski definition) is 5. The lowest BCUT2D eigenvalue weighted by atomic mass is 10.2. The van der Waals surface area contributed by atoms with Gasteiger partial charge in [-0.3, -0.25) is 14.9 Å². The average Bonchev–Trinajstić information content (AvgIpc) is 2.62. The average molecular weight is 353 g/mol. The molecule has 0 aliphatic heterocycles. The number of hydrogen-bond donors (Lipinski definition) is 2. The number of H-pyrrole nitrogens is 1. The van der Waals surface area contributed by atoms with Crippen molar-refractivity contribution in [2.24, 2.45) is 0 Å². The number of nitro groups is 1. The van der Waals surface area contributed by atoms with Crippen LogP contribution in [0.2, 0.25) is 0 Å². The van der Waals surface area contributed by atoms with Crippen LogP contribution in [-0.2, 0) is 6.54 Å². The maximum atomic E-state index is 12.3. The van der Waals surface area contributed by atoms with Crippen molar-refractivity contribution in [2.75, 3.05) is 12.4 Å². The zero-order valence-electron chi connectivity index (χ0n) is 13.8. The highest BCUT2D eigenvalue weighted by atomic mass is 16.6. The second kappa shape index (κ2) is 7.01. The molecule has 9 nitrogen and oxygen atoms in total. The molecule has 3 aromatic rings. The fourth-order valence-corrected chi connectivity index (χ4v) is 2.46. The van der Waals surface area contributed by atoms with E-state index in [9.17, 15) is 19.7 Å². The van der Waals surface area contributed by atoms with Gasteiger partial charge >= 0.3 is 6.03 Å².